The number of ether oxygens (including phenoxy) is 1. The van der Waals surface area contributed by atoms with E-state index < -0.39 is 0 Å². The number of fused-ring (bicyclic) bond motifs is 1. The van der Waals surface area contributed by atoms with E-state index in [2.05, 4.69) is 4.98 Å². The lowest BCUT2D eigenvalue weighted by Crippen LogP contribution is -2.03. The minimum Gasteiger partial charge on any atom is -0.487 e. The minimum atomic E-state index is -0.0425. The first-order chi connectivity index (χ1) is 12.7. The largest absolute Gasteiger partial charge is 0.487 e. The van der Waals surface area contributed by atoms with E-state index in [0.717, 1.165) is 16.7 Å². The third-order valence-electron chi connectivity index (χ3n) is 4.24. The van der Waals surface area contributed by atoms with E-state index in [-0.39, 0.29) is 5.43 Å². The van der Waals surface area contributed by atoms with Crippen LogP contribution < -0.4 is 10.2 Å². The highest BCUT2D eigenvalue weighted by atomic mass is 35.5. The first-order valence-electron chi connectivity index (χ1n) is 8.29. The molecule has 4 rings (SSSR count). The van der Waals surface area contributed by atoms with Gasteiger partial charge in [0.2, 0.25) is 0 Å². The van der Waals surface area contributed by atoms with Gasteiger partial charge in [-0.15, -0.1) is 0 Å². The summed E-state index contributed by atoms with van der Waals surface area (Å²) in [5.41, 5.74) is 3.61. The molecule has 3 nitrogen and oxygen atoms in total. The van der Waals surface area contributed by atoms with Gasteiger partial charge in [0.05, 0.1) is 5.52 Å². The van der Waals surface area contributed by atoms with Gasteiger partial charge in [0.1, 0.15) is 12.4 Å². The zero-order valence-electron chi connectivity index (χ0n) is 13.9. The summed E-state index contributed by atoms with van der Waals surface area (Å²) in [4.78, 5) is 15.5. The van der Waals surface area contributed by atoms with E-state index >= 15 is 0 Å². The molecule has 0 amide bonds. The van der Waals surface area contributed by atoms with Crippen LogP contribution in [0.3, 0.4) is 0 Å². The normalized spacial score (nSPS) is 10.8. The summed E-state index contributed by atoms with van der Waals surface area (Å²) in [5, 5.41) is 1.27. The molecule has 0 unspecified atom stereocenters. The first-order valence-corrected chi connectivity index (χ1v) is 8.66. The lowest BCUT2D eigenvalue weighted by atomic mass is 10.0. The zero-order chi connectivity index (χ0) is 17.9. The van der Waals surface area contributed by atoms with Crippen LogP contribution in [-0.2, 0) is 6.61 Å². The summed E-state index contributed by atoms with van der Waals surface area (Å²) in [6.45, 7) is 0.428. The highest BCUT2D eigenvalue weighted by molar-refractivity contribution is 6.30. The van der Waals surface area contributed by atoms with Gasteiger partial charge in [-0.1, -0.05) is 54.1 Å². The Bertz CT molecular complexity index is 1100. The van der Waals surface area contributed by atoms with Crippen molar-refractivity contribution in [2.45, 2.75) is 6.61 Å². The Labute approximate surface area is 155 Å². The van der Waals surface area contributed by atoms with Crippen molar-refractivity contribution in [3.8, 4) is 16.9 Å². The van der Waals surface area contributed by atoms with E-state index in [1.807, 2.05) is 66.7 Å². The number of hydrogen-bond acceptors (Lipinski definition) is 2. The second-order valence-corrected chi connectivity index (χ2v) is 6.46. The highest BCUT2D eigenvalue weighted by Crippen LogP contribution is 2.31. The van der Waals surface area contributed by atoms with Gasteiger partial charge < -0.3 is 9.72 Å². The Balaban J connectivity index is 1.80. The molecule has 0 bridgehead atoms. The van der Waals surface area contributed by atoms with Crippen LogP contribution in [0.2, 0.25) is 5.02 Å². The second kappa shape index (κ2) is 7.06. The number of aromatic nitrogens is 1. The number of rotatable bonds is 4. The van der Waals surface area contributed by atoms with Crippen molar-refractivity contribution in [1.29, 1.82) is 0 Å². The molecular weight excluding hydrogens is 346 g/mol. The molecule has 3 aromatic carbocycles. The van der Waals surface area contributed by atoms with Crippen molar-refractivity contribution in [3.63, 3.8) is 0 Å². The van der Waals surface area contributed by atoms with Crippen LogP contribution in [0.1, 0.15) is 5.56 Å². The summed E-state index contributed by atoms with van der Waals surface area (Å²) in [6, 6.07) is 22.8. The van der Waals surface area contributed by atoms with Gasteiger partial charge in [-0.3, -0.25) is 4.79 Å². The maximum atomic E-state index is 12.3. The van der Waals surface area contributed by atoms with Crippen LogP contribution >= 0.6 is 11.6 Å². The van der Waals surface area contributed by atoms with Gasteiger partial charge in [-0.05, 0) is 41.0 Å². The maximum absolute atomic E-state index is 12.3. The average molecular weight is 362 g/mol. The number of H-pyrrole nitrogens is 1. The standard InChI is InChI=1S/C22H16ClNO2/c23-18-8-6-16(7-9-18)17-12-19-20(25)10-11-24-22(19)21(13-17)26-14-15-4-2-1-3-5-15/h1-13H,14H2,(H,24,25). The monoisotopic (exact) mass is 361 g/mol. The van der Waals surface area contributed by atoms with E-state index in [9.17, 15) is 4.79 Å². The summed E-state index contributed by atoms with van der Waals surface area (Å²) < 4.78 is 6.05. The predicted molar refractivity (Wildman–Crippen MR) is 106 cm³/mol. The van der Waals surface area contributed by atoms with Crippen molar-refractivity contribution >= 4 is 22.5 Å². The fraction of sp³-hybridized carbons (Fsp3) is 0.0455. The Morgan fingerprint density at radius 3 is 2.42 bits per heavy atom. The molecule has 0 spiro atoms. The van der Waals surface area contributed by atoms with Gasteiger partial charge in [-0.25, -0.2) is 0 Å². The molecule has 0 aliphatic carbocycles. The van der Waals surface area contributed by atoms with Gasteiger partial charge in [0.15, 0.2) is 5.43 Å². The van der Waals surface area contributed by atoms with Gasteiger partial charge in [-0.2, -0.15) is 0 Å². The van der Waals surface area contributed by atoms with E-state index in [0.29, 0.717) is 28.3 Å². The van der Waals surface area contributed by atoms with Crippen molar-refractivity contribution in [1.82, 2.24) is 4.98 Å². The molecule has 1 aromatic heterocycles. The minimum absolute atomic E-state index is 0.0425. The van der Waals surface area contributed by atoms with Crippen LogP contribution in [0.5, 0.6) is 5.75 Å². The molecule has 0 aliphatic rings. The number of benzene rings is 3. The molecule has 0 aliphatic heterocycles. The third kappa shape index (κ3) is 3.35. The van der Waals surface area contributed by atoms with Crippen LogP contribution in [0.25, 0.3) is 22.0 Å². The van der Waals surface area contributed by atoms with Crippen LogP contribution in [0, 0.1) is 0 Å². The molecule has 0 saturated heterocycles. The van der Waals surface area contributed by atoms with E-state index in [1.54, 1.807) is 6.20 Å². The molecule has 0 radical (unpaired) electrons. The Kier molecular flexibility index (Phi) is 4.46. The molecule has 4 heteroatoms. The van der Waals surface area contributed by atoms with E-state index in [4.69, 9.17) is 16.3 Å². The quantitative estimate of drug-likeness (QED) is 0.526. The van der Waals surface area contributed by atoms with Gasteiger partial charge in [0, 0.05) is 22.7 Å². The molecule has 128 valence electrons. The van der Waals surface area contributed by atoms with Crippen LogP contribution in [0.4, 0.5) is 0 Å². The number of hydrogen-bond donors (Lipinski definition) is 1. The lowest BCUT2D eigenvalue weighted by Gasteiger charge is -2.12. The number of pyridine rings is 1. The second-order valence-electron chi connectivity index (χ2n) is 6.02. The van der Waals surface area contributed by atoms with Crippen molar-refractivity contribution in [3.05, 3.63) is 99.8 Å². The molecule has 1 N–H and O–H groups in total. The fourth-order valence-electron chi connectivity index (χ4n) is 2.91. The third-order valence-corrected chi connectivity index (χ3v) is 4.50. The number of halogens is 1. The summed E-state index contributed by atoms with van der Waals surface area (Å²) in [7, 11) is 0. The Morgan fingerprint density at radius 1 is 0.885 bits per heavy atom. The molecule has 1 heterocycles. The average Bonchev–Trinajstić information content (AvgIpc) is 2.68. The van der Waals surface area contributed by atoms with Crippen LogP contribution in [0.15, 0.2) is 83.8 Å². The first kappa shape index (κ1) is 16.4. The zero-order valence-corrected chi connectivity index (χ0v) is 14.7. The molecule has 0 saturated carbocycles. The van der Waals surface area contributed by atoms with Gasteiger partial charge >= 0.3 is 0 Å². The van der Waals surface area contributed by atoms with Crippen molar-refractivity contribution < 1.29 is 4.74 Å². The Hall–Kier alpha value is -3.04. The SMILES string of the molecule is O=c1cc[nH]c2c(OCc3ccccc3)cc(-c3ccc(Cl)cc3)cc12. The number of nitrogens with one attached hydrogen (secondary N) is 1. The molecular formula is C22H16ClNO2. The van der Waals surface area contributed by atoms with Gasteiger partial charge in [0.25, 0.3) is 0 Å². The highest BCUT2D eigenvalue weighted by Gasteiger charge is 2.10. The van der Waals surface area contributed by atoms with Crippen LogP contribution in [-0.4, -0.2) is 4.98 Å². The fourth-order valence-corrected chi connectivity index (χ4v) is 3.03. The molecule has 0 fully saturated rings. The Morgan fingerprint density at radius 2 is 1.65 bits per heavy atom. The van der Waals surface area contributed by atoms with Crippen molar-refractivity contribution in [2.75, 3.05) is 0 Å². The summed E-state index contributed by atoms with van der Waals surface area (Å²) in [5.74, 6) is 0.647. The predicted octanol–water partition coefficient (Wildman–Crippen LogP) is 5.43. The topological polar surface area (TPSA) is 42.1 Å². The summed E-state index contributed by atoms with van der Waals surface area (Å²) >= 11 is 5.99. The van der Waals surface area contributed by atoms with E-state index in [1.165, 1.54) is 6.07 Å². The molecule has 26 heavy (non-hydrogen) atoms. The summed E-state index contributed by atoms with van der Waals surface area (Å²) in [6.07, 6.45) is 1.64. The molecule has 4 aromatic rings. The smallest absolute Gasteiger partial charge is 0.189 e. The van der Waals surface area contributed by atoms with Crippen molar-refractivity contribution in [2.24, 2.45) is 0 Å². The lowest BCUT2D eigenvalue weighted by molar-refractivity contribution is 0.309. The molecule has 0 atom stereocenters. The maximum Gasteiger partial charge on any atom is 0.189 e. The number of aromatic amines is 1.